The number of hydrogen-bond donors (Lipinski definition) is 3. The minimum atomic E-state index is -0.523. The van der Waals surface area contributed by atoms with Crippen LogP contribution in [0.3, 0.4) is 0 Å². The standard InChI is InChI=1S/C8H12N4O3/c9-6(13)5-15-4-3-11-7-8(14)12-2-1-10-7/h1-2H,3-5H2,(H2,9,13)(H,10,11)(H,12,14). The first-order chi connectivity index (χ1) is 7.20. The number of rotatable bonds is 6. The summed E-state index contributed by atoms with van der Waals surface area (Å²) in [4.78, 5) is 27.7. The van der Waals surface area contributed by atoms with Gasteiger partial charge in [-0.05, 0) is 0 Å². The van der Waals surface area contributed by atoms with Crippen molar-refractivity contribution in [1.29, 1.82) is 0 Å². The molecule has 0 aliphatic carbocycles. The Bertz CT molecular complexity index is 376. The zero-order chi connectivity index (χ0) is 11.1. The molecule has 1 amide bonds. The van der Waals surface area contributed by atoms with Crippen molar-refractivity contribution >= 4 is 11.7 Å². The number of hydrogen-bond acceptors (Lipinski definition) is 5. The number of ether oxygens (including phenoxy) is 1. The Morgan fingerprint density at radius 2 is 2.47 bits per heavy atom. The van der Waals surface area contributed by atoms with Crippen molar-refractivity contribution in [3.63, 3.8) is 0 Å². The van der Waals surface area contributed by atoms with E-state index in [1.54, 1.807) is 0 Å². The first-order valence-electron chi connectivity index (χ1n) is 4.34. The van der Waals surface area contributed by atoms with Crippen molar-refractivity contribution in [2.75, 3.05) is 25.1 Å². The summed E-state index contributed by atoms with van der Waals surface area (Å²) in [5, 5.41) is 2.75. The van der Waals surface area contributed by atoms with Gasteiger partial charge in [0.25, 0.3) is 5.56 Å². The molecular weight excluding hydrogens is 200 g/mol. The summed E-state index contributed by atoms with van der Waals surface area (Å²) in [6.45, 7) is 0.534. The number of carbonyl (C=O) groups excluding carboxylic acids is 1. The van der Waals surface area contributed by atoms with Crippen molar-refractivity contribution in [2.45, 2.75) is 0 Å². The molecule has 7 nitrogen and oxygen atoms in total. The van der Waals surface area contributed by atoms with Gasteiger partial charge >= 0.3 is 0 Å². The smallest absolute Gasteiger partial charge is 0.290 e. The Hall–Kier alpha value is -1.89. The molecule has 1 aromatic rings. The van der Waals surface area contributed by atoms with Gasteiger partial charge in [0.2, 0.25) is 5.91 Å². The zero-order valence-electron chi connectivity index (χ0n) is 8.03. The lowest BCUT2D eigenvalue weighted by Gasteiger charge is -2.03. The molecule has 0 atom stereocenters. The molecular formula is C8H12N4O3. The van der Waals surface area contributed by atoms with Crippen LogP contribution in [0.25, 0.3) is 0 Å². The molecule has 7 heteroatoms. The highest BCUT2D eigenvalue weighted by Crippen LogP contribution is 1.88. The zero-order valence-corrected chi connectivity index (χ0v) is 8.03. The van der Waals surface area contributed by atoms with Crippen LogP contribution in [0.5, 0.6) is 0 Å². The molecule has 0 aliphatic heterocycles. The molecule has 0 bridgehead atoms. The fraction of sp³-hybridized carbons (Fsp3) is 0.375. The average molecular weight is 212 g/mol. The number of H-pyrrole nitrogens is 1. The van der Waals surface area contributed by atoms with Crippen LogP contribution in [0.2, 0.25) is 0 Å². The molecule has 0 radical (unpaired) electrons. The number of nitrogens with one attached hydrogen (secondary N) is 2. The van der Waals surface area contributed by atoms with Crippen LogP contribution in [-0.4, -0.2) is 35.6 Å². The molecule has 1 rings (SSSR count). The van der Waals surface area contributed by atoms with E-state index in [0.717, 1.165) is 0 Å². The van der Waals surface area contributed by atoms with E-state index in [4.69, 9.17) is 10.5 Å². The van der Waals surface area contributed by atoms with Crippen molar-refractivity contribution < 1.29 is 9.53 Å². The number of amides is 1. The maximum absolute atomic E-state index is 11.1. The van der Waals surface area contributed by atoms with E-state index in [2.05, 4.69) is 15.3 Å². The Morgan fingerprint density at radius 3 is 3.13 bits per heavy atom. The van der Waals surface area contributed by atoms with Crippen molar-refractivity contribution in [1.82, 2.24) is 9.97 Å². The molecule has 4 N–H and O–H groups in total. The first kappa shape index (κ1) is 11.2. The SMILES string of the molecule is NC(=O)COCCNc1ncc[nH]c1=O. The van der Waals surface area contributed by atoms with Gasteiger partial charge in [-0.15, -0.1) is 0 Å². The molecule has 0 fully saturated rings. The highest BCUT2D eigenvalue weighted by atomic mass is 16.5. The molecule has 0 aliphatic rings. The van der Waals surface area contributed by atoms with E-state index >= 15 is 0 Å². The van der Waals surface area contributed by atoms with Gasteiger partial charge in [-0.1, -0.05) is 0 Å². The second-order valence-corrected chi connectivity index (χ2v) is 2.71. The van der Waals surface area contributed by atoms with Gasteiger partial charge in [-0.2, -0.15) is 0 Å². The van der Waals surface area contributed by atoms with E-state index in [9.17, 15) is 9.59 Å². The normalized spacial score (nSPS) is 9.87. The minimum Gasteiger partial charge on any atom is -0.370 e. The quantitative estimate of drug-likeness (QED) is 0.507. The summed E-state index contributed by atoms with van der Waals surface area (Å²) in [6.07, 6.45) is 2.91. The lowest BCUT2D eigenvalue weighted by Crippen LogP contribution is -2.22. The largest absolute Gasteiger partial charge is 0.370 e. The lowest BCUT2D eigenvalue weighted by atomic mass is 10.6. The maximum Gasteiger partial charge on any atom is 0.290 e. The van der Waals surface area contributed by atoms with Crippen LogP contribution >= 0.6 is 0 Å². The van der Waals surface area contributed by atoms with Gasteiger partial charge < -0.3 is 20.8 Å². The molecule has 1 heterocycles. The molecule has 15 heavy (non-hydrogen) atoms. The minimum absolute atomic E-state index is 0.125. The first-order valence-corrected chi connectivity index (χ1v) is 4.34. The van der Waals surface area contributed by atoms with Crippen molar-refractivity contribution in [3.8, 4) is 0 Å². The second-order valence-electron chi connectivity index (χ2n) is 2.71. The van der Waals surface area contributed by atoms with E-state index in [-0.39, 0.29) is 24.6 Å². The van der Waals surface area contributed by atoms with Gasteiger partial charge in [0.1, 0.15) is 6.61 Å². The van der Waals surface area contributed by atoms with E-state index < -0.39 is 5.91 Å². The van der Waals surface area contributed by atoms with Gasteiger partial charge in [-0.3, -0.25) is 9.59 Å². The third kappa shape index (κ3) is 4.23. The highest BCUT2D eigenvalue weighted by Gasteiger charge is 1.98. The summed E-state index contributed by atoms with van der Waals surface area (Å²) in [5.41, 5.74) is 4.56. The third-order valence-electron chi connectivity index (χ3n) is 1.49. The lowest BCUT2D eigenvalue weighted by molar-refractivity contribution is -0.122. The summed E-state index contributed by atoms with van der Waals surface area (Å²) >= 11 is 0. The van der Waals surface area contributed by atoms with Crippen LogP contribution in [0.1, 0.15) is 0 Å². The maximum atomic E-state index is 11.1. The van der Waals surface area contributed by atoms with Gasteiger partial charge in [-0.25, -0.2) is 4.98 Å². The molecule has 0 aromatic carbocycles. The predicted molar refractivity (Wildman–Crippen MR) is 53.4 cm³/mol. The van der Waals surface area contributed by atoms with Gasteiger partial charge in [0.15, 0.2) is 5.82 Å². The average Bonchev–Trinajstić information content (AvgIpc) is 2.20. The van der Waals surface area contributed by atoms with Crippen LogP contribution in [0.4, 0.5) is 5.82 Å². The summed E-state index contributed by atoms with van der Waals surface area (Å²) in [7, 11) is 0. The molecule has 82 valence electrons. The summed E-state index contributed by atoms with van der Waals surface area (Å²) in [5.74, 6) is -0.300. The van der Waals surface area contributed by atoms with Crippen LogP contribution in [-0.2, 0) is 9.53 Å². The monoisotopic (exact) mass is 212 g/mol. The Kier molecular flexibility index (Phi) is 4.30. The molecule has 0 unspecified atom stereocenters. The predicted octanol–water partition coefficient (Wildman–Crippen LogP) is -1.32. The number of aromatic nitrogens is 2. The number of carbonyl (C=O) groups is 1. The number of nitrogens with zero attached hydrogens (tertiary/aromatic N) is 1. The molecule has 0 saturated carbocycles. The van der Waals surface area contributed by atoms with E-state index in [1.807, 2.05) is 0 Å². The number of anilines is 1. The fourth-order valence-electron chi connectivity index (χ4n) is 0.892. The van der Waals surface area contributed by atoms with Crippen LogP contribution in [0, 0.1) is 0 Å². The molecule has 0 saturated heterocycles. The third-order valence-corrected chi connectivity index (χ3v) is 1.49. The van der Waals surface area contributed by atoms with Gasteiger partial charge in [0, 0.05) is 18.9 Å². The Labute approximate surface area is 85.7 Å². The fourth-order valence-corrected chi connectivity index (χ4v) is 0.892. The van der Waals surface area contributed by atoms with Crippen molar-refractivity contribution in [3.05, 3.63) is 22.7 Å². The number of nitrogens with two attached hydrogens (primary N) is 1. The van der Waals surface area contributed by atoms with Crippen LogP contribution < -0.4 is 16.6 Å². The second kappa shape index (κ2) is 5.76. The van der Waals surface area contributed by atoms with Crippen LogP contribution in [0.15, 0.2) is 17.2 Å². The number of primary amides is 1. The summed E-state index contributed by atoms with van der Waals surface area (Å²) in [6, 6.07) is 0. The topological polar surface area (TPSA) is 110 Å². The van der Waals surface area contributed by atoms with Crippen molar-refractivity contribution in [2.24, 2.45) is 5.73 Å². The van der Waals surface area contributed by atoms with E-state index in [0.29, 0.717) is 6.54 Å². The van der Waals surface area contributed by atoms with Gasteiger partial charge in [0.05, 0.1) is 6.61 Å². The summed E-state index contributed by atoms with van der Waals surface area (Å²) < 4.78 is 4.88. The Balaban J connectivity index is 2.24. The Morgan fingerprint density at radius 1 is 1.67 bits per heavy atom. The molecule has 1 aromatic heterocycles. The molecule has 0 spiro atoms. The number of aromatic amines is 1. The van der Waals surface area contributed by atoms with E-state index in [1.165, 1.54) is 12.4 Å². The highest BCUT2D eigenvalue weighted by molar-refractivity contribution is 5.74.